The number of rotatable bonds is 5. The molecule has 0 unspecified atom stereocenters. The Hall–Kier alpha value is -0.930. The van der Waals surface area contributed by atoms with Gasteiger partial charge in [-0.1, -0.05) is 11.6 Å². The van der Waals surface area contributed by atoms with Crippen molar-refractivity contribution in [2.75, 3.05) is 25.6 Å². The van der Waals surface area contributed by atoms with Gasteiger partial charge < -0.3 is 15.4 Å². The van der Waals surface area contributed by atoms with E-state index in [0.717, 1.165) is 18.7 Å². The van der Waals surface area contributed by atoms with Gasteiger partial charge in [-0.05, 0) is 38.5 Å². The molecule has 0 aliphatic carbocycles. The minimum Gasteiger partial charge on any atom is -0.495 e. The number of hydrogen-bond acceptors (Lipinski definition) is 3. The second kappa shape index (κ2) is 5.61. The molecule has 0 heterocycles. The van der Waals surface area contributed by atoms with Gasteiger partial charge in [-0.15, -0.1) is 0 Å². The van der Waals surface area contributed by atoms with Crippen LogP contribution in [-0.2, 0) is 0 Å². The van der Waals surface area contributed by atoms with Crippen molar-refractivity contribution in [1.29, 1.82) is 0 Å². The minimum absolute atomic E-state index is 0.148. The lowest BCUT2D eigenvalue weighted by molar-refractivity contribution is 0.415. The molecule has 0 atom stereocenters. The van der Waals surface area contributed by atoms with E-state index in [9.17, 15) is 0 Å². The van der Waals surface area contributed by atoms with Crippen LogP contribution in [0.5, 0.6) is 5.75 Å². The smallest absolute Gasteiger partial charge is 0.137 e. The molecule has 0 bridgehead atoms. The maximum Gasteiger partial charge on any atom is 0.137 e. The Bertz CT molecular complexity index is 374. The molecule has 96 valence electrons. The molecule has 4 heteroatoms. The van der Waals surface area contributed by atoms with Gasteiger partial charge in [0.15, 0.2) is 0 Å². The molecule has 1 aromatic rings. The average molecular weight is 257 g/mol. The maximum atomic E-state index is 6.09. The Kier molecular flexibility index (Phi) is 4.66. The zero-order valence-corrected chi connectivity index (χ0v) is 11.7. The molecule has 0 aromatic heterocycles. The van der Waals surface area contributed by atoms with Crippen LogP contribution in [-0.4, -0.2) is 26.2 Å². The lowest BCUT2D eigenvalue weighted by Crippen LogP contribution is -2.36. The summed E-state index contributed by atoms with van der Waals surface area (Å²) in [5.74, 6) is 0.697. The van der Waals surface area contributed by atoms with E-state index in [1.165, 1.54) is 0 Å². The Morgan fingerprint density at radius 3 is 2.53 bits per heavy atom. The molecule has 0 spiro atoms. The maximum absolute atomic E-state index is 6.09. The molecule has 1 rings (SSSR count). The van der Waals surface area contributed by atoms with Crippen molar-refractivity contribution in [1.82, 2.24) is 0 Å². The van der Waals surface area contributed by atoms with E-state index in [0.29, 0.717) is 10.8 Å². The third kappa shape index (κ3) is 4.44. The molecule has 0 fully saturated rings. The number of methoxy groups -OCH3 is 1. The molecular weight excluding hydrogens is 236 g/mol. The van der Waals surface area contributed by atoms with E-state index in [4.69, 9.17) is 22.1 Å². The first kappa shape index (κ1) is 14.1. The van der Waals surface area contributed by atoms with Gasteiger partial charge in [-0.2, -0.15) is 0 Å². The third-order valence-corrected chi connectivity index (χ3v) is 2.96. The highest BCUT2D eigenvalue weighted by Gasteiger charge is 2.12. The molecule has 0 radical (unpaired) electrons. The van der Waals surface area contributed by atoms with Crippen molar-refractivity contribution in [3.8, 4) is 5.75 Å². The van der Waals surface area contributed by atoms with E-state index < -0.39 is 0 Å². The summed E-state index contributed by atoms with van der Waals surface area (Å²) in [6.07, 6.45) is 0.924. The van der Waals surface area contributed by atoms with Crippen LogP contribution >= 0.6 is 11.6 Å². The van der Waals surface area contributed by atoms with Gasteiger partial charge in [0.2, 0.25) is 0 Å². The number of anilines is 1. The van der Waals surface area contributed by atoms with Crippen molar-refractivity contribution in [3.63, 3.8) is 0 Å². The number of ether oxygens (including phenoxy) is 1. The van der Waals surface area contributed by atoms with Gasteiger partial charge in [-0.25, -0.2) is 0 Å². The summed E-state index contributed by atoms with van der Waals surface area (Å²) in [6, 6.07) is 5.78. The van der Waals surface area contributed by atoms with Gasteiger partial charge in [0.25, 0.3) is 0 Å². The van der Waals surface area contributed by atoms with E-state index in [1.54, 1.807) is 7.11 Å². The second-order valence-corrected chi connectivity index (χ2v) is 5.39. The normalized spacial score (nSPS) is 11.4. The van der Waals surface area contributed by atoms with Crippen molar-refractivity contribution >= 4 is 17.3 Å². The van der Waals surface area contributed by atoms with E-state index in [-0.39, 0.29) is 5.54 Å². The first-order valence-electron chi connectivity index (χ1n) is 5.67. The third-order valence-electron chi connectivity index (χ3n) is 2.67. The van der Waals surface area contributed by atoms with Crippen LogP contribution in [0.25, 0.3) is 0 Å². The van der Waals surface area contributed by atoms with Crippen LogP contribution in [0.1, 0.15) is 20.3 Å². The summed E-state index contributed by atoms with van der Waals surface area (Å²) >= 11 is 6.09. The van der Waals surface area contributed by atoms with Crippen LogP contribution in [0.4, 0.5) is 5.69 Å². The fourth-order valence-corrected chi connectivity index (χ4v) is 1.73. The first-order chi connectivity index (χ1) is 7.83. The highest BCUT2D eigenvalue weighted by atomic mass is 35.5. The van der Waals surface area contributed by atoms with Crippen molar-refractivity contribution in [2.24, 2.45) is 5.73 Å². The molecule has 17 heavy (non-hydrogen) atoms. The van der Waals surface area contributed by atoms with Crippen LogP contribution < -0.4 is 15.4 Å². The highest BCUT2D eigenvalue weighted by Crippen LogP contribution is 2.28. The molecular formula is C13H21ClN2O. The molecule has 0 amide bonds. The van der Waals surface area contributed by atoms with Crippen LogP contribution in [0.2, 0.25) is 5.02 Å². The SMILES string of the molecule is COc1ccc(N(C)CCC(C)(C)N)cc1Cl. The lowest BCUT2D eigenvalue weighted by Gasteiger charge is -2.25. The summed E-state index contributed by atoms with van der Waals surface area (Å²) in [6.45, 7) is 4.95. The Morgan fingerprint density at radius 1 is 1.41 bits per heavy atom. The van der Waals surface area contributed by atoms with Crippen molar-refractivity contribution in [3.05, 3.63) is 23.2 Å². The Balaban J connectivity index is 2.69. The monoisotopic (exact) mass is 256 g/mol. The standard InChI is InChI=1S/C13H21ClN2O/c1-13(2,15)7-8-16(3)10-5-6-12(17-4)11(14)9-10/h5-6,9H,7-8,15H2,1-4H3. The summed E-state index contributed by atoms with van der Waals surface area (Å²) in [7, 11) is 3.64. The summed E-state index contributed by atoms with van der Waals surface area (Å²) in [4.78, 5) is 2.14. The Morgan fingerprint density at radius 2 is 2.06 bits per heavy atom. The Labute approximate surface area is 109 Å². The zero-order chi connectivity index (χ0) is 13.1. The molecule has 3 nitrogen and oxygen atoms in total. The topological polar surface area (TPSA) is 38.5 Å². The largest absolute Gasteiger partial charge is 0.495 e. The molecule has 2 N–H and O–H groups in total. The summed E-state index contributed by atoms with van der Waals surface area (Å²) in [5, 5.41) is 0.629. The number of nitrogens with zero attached hydrogens (tertiary/aromatic N) is 1. The quantitative estimate of drug-likeness (QED) is 0.880. The molecule has 0 saturated heterocycles. The van der Waals surface area contributed by atoms with Gasteiger partial charge >= 0.3 is 0 Å². The van der Waals surface area contributed by atoms with Crippen molar-refractivity contribution in [2.45, 2.75) is 25.8 Å². The summed E-state index contributed by atoms with van der Waals surface area (Å²) in [5.41, 5.74) is 6.89. The minimum atomic E-state index is -0.148. The highest BCUT2D eigenvalue weighted by molar-refractivity contribution is 6.32. The predicted octanol–water partition coefficient (Wildman–Crippen LogP) is 2.91. The van der Waals surface area contributed by atoms with Crippen molar-refractivity contribution < 1.29 is 4.74 Å². The average Bonchev–Trinajstić information content (AvgIpc) is 2.24. The zero-order valence-electron chi connectivity index (χ0n) is 11.0. The molecule has 0 saturated carbocycles. The summed E-state index contributed by atoms with van der Waals surface area (Å²) < 4.78 is 5.12. The number of hydrogen-bond donors (Lipinski definition) is 1. The van der Waals surface area contributed by atoms with Crippen LogP contribution in [0.15, 0.2) is 18.2 Å². The van der Waals surface area contributed by atoms with Crippen LogP contribution in [0, 0.1) is 0 Å². The van der Waals surface area contributed by atoms with Gasteiger partial charge in [0.05, 0.1) is 12.1 Å². The van der Waals surface area contributed by atoms with Gasteiger partial charge in [0.1, 0.15) is 5.75 Å². The van der Waals surface area contributed by atoms with Crippen LogP contribution in [0.3, 0.4) is 0 Å². The fourth-order valence-electron chi connectivity index (χ4n) is 1.48. The number of benzene rings is 1. The second-order valence-electron chi connectivity index (χ2n) is 4.98. The fraction of sp³-hybridized carbons (Fsp3) is 0.538. The molecule has 1 aromatic carbocycles. The lowest BCUT2D eigenvalue weighted by atomic mass is 10.0. The predicted molar refractivity (Wildman–Crippen MR) is 74.2 cm³/mol. The van der Waals surface area contributed by atoms with E-state index >= 15 is 0 Å². The molecule has 0 aliphatic heterocycles. The van der Waals surface area contributed by atoms with Gasteiger partial charge in [0, 0.05) is 24.8 Å². The molecule has 0 aliphatic rings. The number of halogens is 1. The number of nitrogens with two attached hydrogens (primary N) is 1. The van der Waals surface area contributed by atoms with Gasteiger partial charge in [-0.3, -0.25) is 0 Å². The van der Waals surface area contributed by atoms with E-state index in [1.807, 2.05) is 39.1 Å². The first-order valence-corrected chi connectivity index (χ1v) is 6.05. The van der Waals surface area contributed by atoms with E-state index in [2.05, 4.69) is 4.90 Å².